The van der Waals surface area contributed by atoms with E-state index in [0.29, 0.717) is 12.8 Å². The van der Waals surface area contributed by atoms with Gasteiger partial charge in [0.15, 0.2) is 0 Å². The molecule has 0 radical (unpaired) electrons. The zero-order chi connectivity index (χ0) is 12.5. The zero-order valence-corrected chi connectivity index (χ0v) is 11.3. The topological polar surface area (TPSA) is 46.2 Å². The molecule has 6 heteroatoms. The largest absolute Gasteiger partial charge is 0.240 e. The summed E-state index contributed by atoms with van der Waals surface area (Å²) >= 11 is 2.98. The first-order valence-electron chi connectivity index (χ1n) is 5.11. The van der Waals surface area contributed by atoms with Crippen molar-refractivity contribution in [3.8, 4) is 0 Å². The molecule has 1 aliphatic rings. The van der Waals surface area contributed by atoms with Gasteiger partial charge in [-0.2, -0.15) is 0 Å². The fourth-order valence-electron chi connectivity index (χ4n) is 1.64. The Balaban J connectivity index is 2.22. The van der Waals surface area contributed by atoms with Crippen molar-refractivity contribution in [1.29, 1.82) is 0 Å². The Morgan fingerprint density at radius 1 is 1.29 bits per heavy atom. The molecule has 0 amide bonds. The molecule has 1 aliphatic carbocycles. The van der Waals surface area contributed by atoms with Crippen molar-refractivity contribution >= 4 is 26.0 Å². The first kappa shape index (κ1) is 12.7. The second kappa shape index (κ2) is 4.88. The van der Waals surface area contributed by atoms with E-state index >= 15 is 0 Å². The maximum absolute atomic E-state index is 13.3. The normalized spacial score (nSPS) is 16.6. The minimum Gasteiger partial charge on any atom is -0.207 e. The smallest absolute Gasteiger partial charge is 0.207 e. The maximum atomic E-state index is 13.3. The van der Waals surface area contributed by atoms with Crippen molar-refractivity contribution in [2.75, 3.05) is 0 Å². The van der Waals surface area contributed by atoms with Gasteiger partial charge in [0.2, 0.25) is 10.0 Å². The fourth-order valence-corrected chi connectivity index (χ4v) is 3.16. The molecule has 1 aromatic carbocycles. The van der Waals surface area contributed by atoms with E-state index in [4.69, 9.17) is 0 Å². The van der Waals surface area contributed by atoms with Gasteiger partial charge >= 0.3 is 0 Å². The third-order valence-corrected chi connectivity index (χ3v) is 4.69. The molecule has 0 aliphatic heterocycles. The van der Waals surface area contributed by atoms with Crippen LogP contribution in [0.4, 0.5) is 4.39 Å². The van der Waals surface area contributed by atoms with Gasteiger partial charge in [-0.3, -0.25) is 0 Å². The molecule has 3 nitrogen and oxygen atoms in total. The number of hydrogen-bond donors (Lipinski definition) is 1. The molecule has 0 spiro atoms. The van der Waals surface area contributed by atoms with Crippen molar-refractivity contribution in [1.82, 2.24) is 4.72 Å². The predicted molar refractivity (Wildman–Crippen MR) is 66.6 cm³/mol. The third kappa shape index (κ3) is 2.94. The van der Waals surface area contributed by atoms with Crippen LogP contribution in [0.3, 0.4) is 0 Å². The van der Waals surface area contributed by atoms with Crippen LogP contribution in [-0.2, 0) is 10.0 Å². The quantitative estimate of drug-likeness (QED) is 0.870. The zero-order valence-electron chi connectivity index (χ0n) is 8.86. The molecule has 0 heterocycles. The highest BCUT2D eigenvalue weighted by Gasteiger charge is 2.21. The molecule has 2 rings (SSSR count). The molecule has 0 unspecified atom stereocenters. The molecule has 0 saturated heterocycles. The van der Waals surface area contributed by atoms with Crippen molar-refractivity contribution < 1.29 is 12.8 Å². The van der Waals surface area contributed by atoms with Gasteiger partial charge < -0.3 is 0 Å². The van der Waals surface area contributed by atoms with E-state index < -0.39 is 15.8 Å². The summed E-state index contributed by atoms with van der Waals surface area (Å²) in [5.74, 6) is -0.586. The SMILES string of the molecule is O=S(=O)(NC1CC=CC1)c1ccc(Br)c(F)c1. The van der Waals surface area contributed by atoms with Crippen LogP contribution < -0.4 is 4.72 Å². The number of rotatable bonds is 3. The summed E-state index contributed by atoms with van der Waals surface area (Å²) in [5.41, 5.74) is 0. The summed E-state index contributed by atoms with van der Waals surface area (Å²) < 4.78 is 39.9. The maximum Gasteiger partial charge on any atom is 0.240 e. The first-order valence-corrected chi connectivity index (χ1v) is 7.39. The lowest BCUT2D eigenvalue weighted by molar-refractivity contribution is 0.554. The van der Waals surface area contributed by atoms with Gasteiger partial charge in [0.1, 0.15) is 5.82 Å². The standard InChI is InChI=1S/C11H11BrFNO2S/c12-10-6-5-9(7-11(10)13)17(15,16)14-8-3-1-2-4-8/h1-2,5-8,14H,3-4H2. The van der Waals surface area contributed by atoms with Gasteiger partial charge in [-0.05, 0) is 47.0 Å². The van der Waals surface area contributed by atoms with Crippen LogP contribution in [-0.4, -0.2) is 14.5 Å². The summed E-state index contributed by atoms with van der Waals surface area (Å²) in [5, 5.41) is 0. The molecular formula is C11H11BrFNO2S. The fraction of sp³-hybridized carbons (Fsp3) is 0.273. The Morgan fingerprint density at radius 2 is 1.94 bits per heavy atom. The van der Waals surface area contributed by atoms with Crippen LogP contribution >= 0.6 is 15.9 Å². The van der Waals surface area contributed by atoms with Crippen molar-refractivity contribution in [2.24, 2.45) is 0 Å². The highest BCUT2D eigenvalue weighted by atomic mass is 79.9. The molecule has 0 fully saturated rings. The minimum absolute atomic E-state index is 0.0508. The van der Waals surface area contributed by atoms with E-state index in [1.807, 2.05) is 12.2 Å². The Hall–Kier alpha value is -0.720. The average Bonchev–Trinajstić information content (AvgIpc) is 2.73. The van der Waals surface area contributed by atoms with E-state index in [1.54, 1.807) is 0 Å². The van der Waals surface area contributed by atoms with Crippen LogP contribution in [0.15, 0.2) is 39.7 Å². The van der Waals surface area contributed by atoms with Crippen LogP contribution in [0.25, 0.3) is 0 Å². The van der Waals surface area contributed by atoms with Crippen LogP contribution in [0.5, 0.6) is 0 Å². The van der Waals surface area contributed by atoms with Gasteiger partial charge in [-0.15, -0.1) is 0 Å². The molecule has 0 bridgehead atoms. The lowest BCUT2D eigenvalue weighted by Gasteiger charge is -2.12. The van der Waals surface area contributed by atoms with E-state index in [2.05, 4.69) is 20.7 Å². The third-order valence-electron chi connectivity index (χ3n) is 2.53. The van der Waals surface area contributed by atoms with Gasteiger partial charge in [0.05, 0.1) is 9.37 Å². The van der Waals surface area contributed by atoms with E-state index in [-0.39, 0.29) is 15.4 Å². The summed E-state index contributed by atoms with van der Waals surface area (Å²) in [7, 11) is -3.63. The lowest BCUT2D eigenvalue weighted by Crippen LogP contribution is -2.32. The molecule has 1 aromatic rings. The monoisotopic (exact) mass is 319 g/mol. The molecular weight excluding hydrogens is 309 g/mol. The number of nitrogens with one attached hydrogen (secondary N) is 1. The molecule has 1 N–H and O–H groups in total. The molecule has 92 valence electrons. The van der Waals surface area contributed by atoms with Crippen LogP contribution in [0.1, 0.15) is 12.8 Å². The van der Waals surface area contributed by atoms with Crippen LogP contribution in [0.2, 0.25) is 0 Å². The number of benzene rings is 1. The average molecular weight is 320 g/mol. The number of sulfonamides is 1. The molecule has 0 aromatic heterocycles. The van der Waals surface area contributed by atoms with Gasteiger partial charge in [-0.1, -0.05) is 12.2 Å². The molecule has 0 atom stereocenters. The van der Waals surface area contributed by atoms with Crippen LogP contribution in [0, 0.1) is 5.82 Å². The first-order chi connectivity index (χ1) is 7.99. The molecule has 0 saturated carbocycles. The van der Waals surface area contributed by atoms with Gasteiger partial charge in [0.25, 0.3) is 0 Å². The van der Waals surface area contributed by atoms with E-state index in [9.17, 15) is 12.8 Å². The summed E-state index contributed by atoms with van der Waals surface area (Å²) in [6, 6.07) is 3.65. The second-order valence-corrected chi connectivity index (χ2v) is 6.41. The lowest BCUT2D eigenvalue weighted by atomic mass is 10.3. The summed E-state index contributed by atoms with van der Waals surface area (Å²) in [6.07, 6.45) is 5.21. The summed E-state index contributed by atoms with van der Waals surface area (Å²) in [6.45, 7) is 0. The van der Waals surface area contributed by atoms with E-state index in [1.165, 1.54) is 12.1 Å². The van der Waals surface area contributed by atoms with Gasteiger partial charge in [-0.25, -0.2) is 17.5 Å². The highest BCUT2D eigenvalue weighted by molar-refractivity contribution is 9.10. The van der Waals surface area contributed by atoms with Crippen molar-refractivity contribution in [2.45, 2.75) is 23.8 Å². The minimum atomic E-state index is -3.63. The van der Waals surface area contributed by atoms with Gasteiger partial charge in [0, 0.05) is 6.04 Å². The van der Waals surface area contributed by atoms with Crippen molar-refractivity contribution in [3.05, 3.63) is 40.6 Å². The number of hydrogen-bond acceptors (Lipinski definition) is 2. The Morgan fingerprint density at radius 3 is 2.53 bits per heavy atom. The van der Waals surface area contributed by atoms with E-state index in [0.717, 1.165) is 6.07 Å². The number of halogens is 2. The Kier molecular flexibility index (Phi) is 3.65. The summed E-state index contributed by atoms with van der Waals surface area (Å²) in [4.78, 5) is -0.0508. The Bertz CT molecular complexity index is 549. The highest BCUT2D eigenvalue weighted by Crippen LogP contribution is 2.20. The predicted octanol–water partition coefficient (Wildman–Crippen LogP) is 2.59. The molecule has 17 heavy (non-hydrogen) atoms. The van der Waals surface area contributed by atoms with Crippen molar-refractivity contribution in [3.63, 3.8) is 0 Å². The Labute approximate surface area is 108 Å². The second-order valence-electron chi connectivity index (χ2n) is 3.84.